The van der Waals surface area contributed by atoms with Gasteiger partial charge in [-0.1, -0.05) is 32.8 Å². The number of aliphatic hydroxyl groups is 1. The van der Waals surface area contributed by atoms with Gasteiger partial charge in [-0.15, -0.1) is 6.58 Å². The summed E-state index contributed by atoms with van der Waals surface area (Å²) in [5, 5.41) is 11.5. The van der Waals surface area contributed by atoms with Gasteiger partial charge in [0.2, 0.25) is 0 Å². The minimum Gasteiger partial charge on any atom is -0.393 e. The maximum Gasteiger partial charge on any atom is 0.0748 e. The van der Waals surface area contributed by atoms with Crippen molar-refractivity contribution in [2.75, 3.05) is 6.61 Å². The van der Waals surface area contributed by atoms with E-state index in [0.29, 0.717) is 23.2 Å². The number of hydrogen-bond donors (Lipinski definition) is 1. The van der Waals surface area contributed by atoms with Crippen LogP contribution in [0.2, 0.25) is 0 Å². The van der Waals surface area contributed by atoms with Crippen LogP contribution in [0.4, 0.5) is 0 Å². The Kier molecular flexibility index (Phi) is 4.84. The van der Waals surface area contributed by atoms with Gasteiger partial charge < -0.3 is 9.84 Å². The van der Waals surface area contributed by atoms with E-state index in [1.807, 2.05) is 0 Å². The quantitative estimate of drug-likeness (QED) is 0.648. The standard InChI is InChI=1S/C24H40O2/c1-5-15-26-23(4)14-12-19-18-11-10-17-9-7-8-13-22(17,3)21(18)20(25)16-24(19,23)6-2/h6,17-21,25H,2,5,7-16H2,1,3-4H3/t17-,18?,19?,20-,21?,22-,23?,24-/m0/s1. The molecule has 0 aromatic carbocycles. The number of aliphatic hydroxyl groups excluding tert-OH is 1. The summed E-state index contributed by atoms with van der Waals surface area (Å²) in [7, 11) is 0. The lowest BCUT2D eigenvalue weighted by Crippen LogP contribution is -2.61. The molecule has 0 spiro atoms. The largest absolute Gasteiger partial charge is 0.393 e. The third-order valence-corrected chi connectivity index (χ3v) is 9.57. The molecule has 0 aromatic rings. The molecule has 0 heterocycles. The lowest BCUT2D eigenvalue weighted by atomic mass is 9.43. The molecule has 4 rings (SSSR count). The first-order valence-electron chi connectivity index (χ1n) is 11.4. The number of ether oxygens (including phenoxy) is 1. The topological polar surface area (TPSA) is 29.5 Å². The van der Waals surface area contributed by atoms with Crippen LogP contribution < -0.4 is 0 Å². The number of rotatable bonds is 4. The van der Waals surface area contributed by atoms with Crippen molar-refractivity contribution in [1.29, 1.82) is 0 Å². The lowest BCUT2D eigenvalue weighted by Gasteiger charge is -2.63. The molecule has 4 aliphatic rings. The van der Waals surface area contributed by atoms with Crippen LogP contribution in [-0.4, -0.2) is 23.4 Å². The average Bonchev–Trinajstić information content (AvgIpc) is 2.92. The van der Waals surface area contributed by atoms with Crippen molar-refractivity contribution in [3.63, 3.8) is 0 Å². The van der Waals surface area contributed by atoms with E-state index in [0.717, 1.165) is 31.8 Å². The monoisotopic (exact) mass is 360 g/mol. The van der Waals surface area contributed by atoms with Crippen LogP contribution >= 0.6 is 0 Å². The van der Waals surface area contributed by atoms with Gasteiger partial charge in [0.25, 0.3) is 0 Å². The van der Waals surface area contributed by atoms with Crippen LogP contribution in [0.25, 0.3) is 0 Å². The Hall–Kier alpha value is -0.340. The minimum atomic E-state index is -0.192. The summed E-state index contributed by atoms with van der Waals surface area (Å²) in [6, 6.07) is 0. The highest BCUT2D eigenvalue weighted by Crippen LogP contribution is 2.69. The van der Waals surface area contributed by atoms with Crippen LogP contribution in [-0.2, 0) is 4.74 Å². The van der Waals surface area contributed by atoms with E-state index in [9.17, 15) is 5.11 Å². The maximum absolute atomic E-state index is 11.5. The summed E-state index contributed by atoms with van der Waals surface area (Å²) < 4.78 is 6.48. The molecule has 0 aromatic heterocycles. The summed E-state index contributed by atoms with van der Waals surface area (Å²) in [5.41, 5.74) is 0.170. The summed E-state index contributed by atoms with van der Waals surface area (Å²) in [5.74, 6) is 2.64. The van der Waals surface area contributed by atoms with E-state index in [4.69, 9.17) is 4.74 Å². The van der Waals surface area contributed by atoms with Gasteiger partial charge in [0, 0.05) is 12.0 Å². The first kappa shape index (κ1) is 19.0. The van der Waals surface area contributed by atoms with Crippen molar-refractivity contribution in [3.8, 4) is 0 Å². The Morgan fingerprint density at radius 3 is 2.65 bits per heavy atom. The van der Waals surface area contributed by atoms with Crippen LogP contribution in [0.5, 0.6) is 0 Å². The molecule has 4 saturated carbocycles. The summed E-state index contributed by atoms with van der Waals surface area (Å²) in [6.07, 6.45) is 14.5. The fourth-order valence-electron chi connectivity index (χ4n) is 8.32. The van der Waals surface area contributed by atoms with Gasteiger partial charge in [-0.25, -0.2) is 0 Å². The molecule has 4 unspecified atom stereocenters. The van der Waals surface area contributed by atoms with Crippen molar-refractivity contribution < 1.29 is 9.84 Å². The molecule has 0 radical (unpaired) electrons. The SMILES string of the molecule is C=C[C@]12C[C@H](O)C3C(CC[C@@H]4CCCC[C@]34C)C1CCC2(C)OCCC. The molecule has 0 aliphatic heterocycles. The van der Waals surface area contributed by atoms with Crippen molar-refractivity contribution >= 4 is 0 Å². The lowest BCUT2D eigenvalue weighted by molar-refractivity contribution is -0.193. The first-order valence-corrected chi connectivity index (χ1v) is 11.4. The Bertz CT molecular complexity index is 544. The van der Waals surface area contributed by atoms with E-state index in [1.54, 1.807) is 0 Å². The molecule has 0 saturated heterocycles. The van der Waals surface area contributed by atoms with Gasteiger partial charge >= 0.3 is 0 Å². The highest BCUT2D eigenvalue weighted by molar-refractivity contribution is 5.22. The van der Waals surface area contributed by atoms with Gasteiger partial charge in [-0.3, -0.25) is 0 Å². The van der Waals surface area contributed by atoms with E-state index in [-0.39, 0.29) is 17.1 Å². The predicted molar refractivity (Wildman–Crippen MR) is 107 cm³/mol. The molecule has 0 amide bonds. The second-order valence-corrected chi connectivity index (χ2v) is 10.5. The fourth-order valence-corrected chi connectivity index (χ4v) is 8.32. The predicted octanol–water partition coefficient (Wildman–Crippen LogP) is 5.74. The van der Waals surface area contributed by atoms with Crippen molar-refractivity contribution in [3.05, 3.63) is 12.7 Å². The molecule has 1 N–H and O–H groups in total. The second-order valence-electron chi connectivity index (χ2n) is 10.5. The van der Waals surface area contributed by atoms with Gasteiger partial charge in [-0.2, -0.15) is 0 Å². The zero-order chi connectivity index (χ0) is 18.6. The Morgan fingerprint density at radius 2 is 1.92 bits per heavy atom. The van der Waals surface area contributed by atoms with E-state index < -0.39 is 0 Å². The highest BCUT2D eigenvalue weighted by atomic mass is 16.5. The molecule has 148 valence electrons. The third-order valence-electron chi connectivity index (χ3n) is 9.57. The maximum atomic E-state index is 11.5. The van der Waals surface area contributed by atoms with Gasteiger partial charge in [0.05, 0.1) is 11.7 Å². The zero-order valence-electron chi connectivity index (χ0n) is 17.3. The molecular formula is C24H40O2. The van der Waals surface area contributed by atoms with Crippen molar-refractivity contribution in [2.24, 2.45) is 34.5 Å². The molecule has 8 atom stereocenters. The molecule has 26 heavy (non-hydrogen) atoms. The van der Waals surface area contributed by atoms with Crippen molar-refractivity contribution in [2.45, 2.75) is 96.7 Å². The Morgan fingerprint density at radius 1 is 1.12 bits per heavy atom. The Labute approximate surface area is 160 Å². The smallest absolute Gasteiger partial charge is 0.0748 e. The molecule has 2 heteroatoms. The number of hydrogen-bond acceptors (Lipinski definition) is 2. The van der Waals surface area contributed by atoms with E-state index >= 15 is 0 Å². The average molecular weight is 361 g/mol. The van der Waals surface area contributed by atoms with Gasteiger partial charge in [-0.05, 0) is 87.4 Å². The molecular weight excluding hydrogens is 320 g/mol. The van der Waals surface area contributed by atoms with Crippen molar-refractivity contribution in [1.82, 2.24) is 0 Å². The summed E-state index contributed by atoms with van der Waals surface area (Å²) >= 11 is 0. The fraction of sp³-hybridized carbons (Fsp3) is 0.917. The zero-order valence-corrected chi connectivity index (χ0v) is 17.3. The van der Waals surface area contributed by atoms with Crippen LogP contribution in [0.3, 0.4) is 0 Å². The highest BCUT2D eigenvalue weighted by Gasteiger charge is 2.66. The van der Waals surface area contributed by atoms with Gasteiger partial charge in [0.15, 0.2) is 0 Å². The van der Waals surface area contributed by atoms with Gasteiger partial charge in [0.1, 0.15) is 0 Å². The second kappa shape index (κ2) is 6.62. The molecule has 0 bridgehead atoms. The van der Waals surface area contributed by atoms with Crippen LogP contribution in [0, 0.1) is 34.5 Å². The van der Waals surface area contributed by atoms with Crippen LogP contribution in [0.1, 0.15) is 85.0 Å². The summed E-state index contributed by atoms with van der Waals surface area (Å²) in [6.45, 7) is 12.1. The molecule has 4 fully saturated rings. The normalized spacial score (nSPS) is 53.5. The van der Waals surface area contributed by atoms with Crippen LogP contribution in [0.15, 0.2) is 12.7 Å². The minimum absolute atomic E-state index is 0.0411. The number of fused-ring (bicyclic) bond motifs is 5. The third kappa shape index (κ3) is 2.43. The first-order chi connectivity index (χ1) is 12.4. The van der Waals surface area contributed by atoms with E-state index in [2.05, 4.69) is 33.4 Å². The molecule has 2 nitrogen and oxygen atoms in total. The molecule has 4 aliphatic carbocycles. The Balaban J connectivity index is 1.69. The van der Waals surface area contributed by atoms with E-state index in [1.165, 1.54) is 44.9 Å². The summed E-state index contributed by atoms with van der Waals surface area (Å²) in [4.78, 5) is 0.